The number of nitrogens with one attached hydrogen (secondary N) is 1. The van der Waals surface area contributed by atoms with Crippen molar-refractivity contribution in [3.05, 3.63) is 11.2 Å². The summed E-state index contributed by atoms with van der Waals surface area (Å²) in [5, 5.41) is 5.58. The molecule has 2 fully saturated rings. The molecule has 0 bridgehead atoms. The minimum Gasteiger partial charge on any atom is -0.453 e. The van der Waals surface area contributed by atoms with Crippen LogP contribution in [0, 0.1) is 0 Å². The number of nitrogens with zero attached hydrogens (tertiary/aromatic N) is 2. The molecule has 0 radical (unpaired) electrons. The number of hydrogen-bond donors (Lipinski definition) is 2. The Kier molecular flexibility index (Phi) is 6.13. The van der Waals surface area contributed by atoms with E-state index in [1.165, 1.54) is 12.9 Å². The lowest BCUT2D eigenvalue weighted by atomic mass is 9.98. The van der Waals surface area contributed by atoms with Crippen molar-refractivity contribution in [2.24, 2.45) is 5.73 Å². The lowest BCUT2D eigenvalue weighted by Gasteiger charge is -2.40. The van der Waals surface area contributed by atoms with Gasteiger partial charge in [-0.2, -0.15) is 0 Å². The Morgan fingerprint density at radius 3 is 2.83 bits per heavy atom. The van der Waals surface area contributed by atoms with Gasteiger partial charge in [0.15, 0.2) is 0 Å². The summed E-state index contributed by atoms with van der Waals surface area (Å²) < 4.78 is 11.0. The fourth-order valence-electron chi connectivity index (χ4n) is 3.61. The number of carbonyl (C=O) groups is 1. The molecule has 0 aromatic carbocycles. The number of amides is 1. The zero-order valence-electron chi connectivity index (χ0n) is 14.3. The second-order valence-electron chi connectivity index (χ2n) is 6.55. The van der Waals surface area contributed by atoms with Gasteiger partial charge in [-0.25, -0.2) is 4.79 Å². The van der Waals surface area contributed by atoms with Crippen LogP contribution in [0.5, 0.6) is 0 Å². The van der Waals surface area contributed by atoms with Gasteiger partial charge in [-0.1, -0.05) is 0 Å². The first kappa shape index (κ1) is 17.7. The summed E-state index contributed by atoms with van der Waals surface area (Å²) >= 11 is 1.80. The molecular weight excluding hydrogens is 328 g/mol. The highest BCUT2D eigenvalue weighted by atomic mass is 32.2. The SMILES string of the molecule is COC(=O)N1CCCC(N)C1COC1CCN(C2=CSCN2)CC1. The first-order chi connectivity index (χ1) is 11.7. The molecule has 3 heterocycles. The van der Waals surface area contributed by atoms with Crippen LogP contribution in [-0.2, 0) is 9.47 Å². The van der Waals surface area contributed by atoms with Crippen LogP contribution in [-0.4, -0.2) is 73.3 Å². The average Bonchev–Trinajstić information content (AvgIpc) is 3.15. The lowest BCUT2D eigenvalue weighted by Crippen LogP contribution is -2.56. The summed E-state index contributed by atoms with van der Waals surface area (Å²) in [6.07, 6.45) is 3.80. The molecule has 0 aromatic rings. The molecule has 7 nitrogen and oxygen atoms in total. The van der Waals surface area contributed by atoms with Crippen LogP contribution in [0.3, 0.4) is 0 Å². The predicted octanol–water partition coefficient (Wildman–Crippen LogP) is 1.12. The molecule has 3 aliphatic rings. The van der Waals surface area contributed by atoms with Crippen molar-refractivity contribution in [3.8, 4) is 0 Å². The third-order valence-corrected chi connectivity index (χ3v) is 5.76. The van der Waals surface area contributed by atoms with E-state index >= 15 is 0 Å². The molecular formula is C16H28N4O3S. The quantitative estimate of drug-likeness (QED) is 0.781. The molecule has 1 amide bonds. The number of carbonyl (C=O) groups excluding carboxylic acids is 1. The maximum Gasteiger partial charge on any atom is 0.409 e. The summed E-state index contributed by atoms with van der Waals surface area (Å²) in [6, 6.07) is -0.123. The molecule has 0 saturated carbocycles. The molecule has 136 valence electrons. The molecule has 3 aliphatic heterocycles. The fraction of sp³-hybridized carbons (Fsp3) is 0.812. The molecule has 0 aliphatic carbocycles. The van der Waals surface area contributed by atoms with E-state index in [0.29, 0.717) is 13.2 Å². The van der Waals surface area contributed by atoms with Crippen molar-refractivity contribution < 1.29 is 14.3 Å². The van der Waals surface area contributed by atoms with Crippen LogP contribution in [0.2, 0.25) is 0 Å². The number of rotatable bonds is 4. The molecule has 2 unspecified atom stereocenters. The summed E-state index contributed by atoms with van der Waals surface area (Å²) in [6.45, 7) is 3.20. The van der Waals surface area contributed by atoms with Crippen molar-refractivity contribution in [1.82, 2.24) is 15.1 Å². The lowest BCUT2D eigenvalue weighted by molar-refractivity contribution is -0.0286. The number of ether oxygens (including phenoxy) is 2. The highest BCUT2D eigenvalue weighted by molar-refractivity contribution is 8.02. The van der Waals surface area contributed by atoms with Gasteiger partial charge in [-0.05, 0) is 25.7 Å². The minimum atomic E-state index is -0.301. The number of thioether (sulfide) groups is 1. The number of hydrogen-bond acceptors (Lipinski definition) is 7. The molecule has 0 aromatic heterocycles. The van der Waals surface area contributed by atoms with E-state index in [2.05, 4.69) is 15.6 Å². The highest BCUT2D eigenvalue weighted by Crippen LogP contribution is 2.23. The zero-order chi connectivity index (χ0) is 16.9. The number of methoxy groups -OCH3 is 1. The van der Waals surface area contributed by atoms with Crippen LogP contribution in [0.25, 0.3) is 0 Å². The number of likely N-dealkylation sites (tertiary alicyclic amines) is 2. The molecule has 2 atom stereocenters. The third kappa shape index (κ3) is 4.10. The van der Waals surface area contributed by atoms with Crippen LogP contribution in [0.1, 0.15) is 25.7 Å². The Hall–Kier alpha value is -1.12. The average molecular weight is 356 g/mol. The van der Waals surface area contributed by atoms with Gasteiger partial charge in [0.1, 0.15) is 5.82 Å². The van der Waals surface area contributed by atoms with E-state index in [1.807, 2.05) is 0 Å². The normalized spacial score (nSPS) is 28.5. The van der Waals surface area contributed by atoms with E-state index in [1.54, 1.807) is 16.7 Å². The molecule has 0 spiro atoms. The summed E-state index contributed by atoms with van der Waals surface area (Å²) in [5.74, 6) is 2.21. The number of piperidine rings is 2. The third-order valence-electron chi connectivity index (χ3n) is 5.06. The monoisotopic (exact) mass is 356 g/mol. The molecule has 3 N–H and O–H groups in total. The Morgan fingerprint density at radius 1 is 1.38 bits per heavy atom. The summed E-state index contributed by atoms with van der Waals surface area (Å²) in [7, 11) is 1.42. The van der Waals surface area contributed by atoms with Crippen LogP contribution in [0.15, 0.2) is 11.2 Å². The van der Waals surface area contributed by atoms with Crippen molar-refractivity contribution in [2.45, 2.75) is 43.9 Å². The Bertz CT molecular complexity index is 468. The summed E-state index contributed by atoms with van der Waals surface area (Å²) in [5.41, 5.74) is 6.23. The standard InChI is InChI=1S/C16H28N4O3S/c1-22-16(21)20-6-2-3-13(17)14(20)9-23-12-4-7-19(8-5-12)15-10-24-11-18-15/h10,12-14,18H,2-9,11,17H2,1H3. The topological polar surface area (TPSA) is 80.1 Å². The van der Waals surface area contributed by atoms with Gasteiger partial charge in [0.2, 0.25) is 0 Å². The zero-order valence-corrected chi connectivity index (χ0v) is 15.1. The van der Waals surface area contributed by atoms with E-state index < -0.39 is 0 Å². The van der Waals surface area contributed by atoms with Crippen LogP contribution < -0.4 is 11.1 Å². The second-order valence-corrected chi connectivity index (χ2v) is 7.41. The van der Waals surface area contributed by atoms with Crippen molar-refractivity contribution in [2.75, 3.05) is 39.2 Å². The summed E-state index contributed by atoms with van der Waals surface area (Å²) in [4.78, 5) is 16.0. The van der Waals surface area contributed by atoms with E-state index in [-0.39, 0.29) is 24.3 Å². The Labute approximate surface area is 147 Å². The van der Waals surface area contributed by atoms with E-state index in [0.717, 1.165) is 44.6 Å². The Balaban J connectivity index is 1.47. The highest BCUT2D eigenvalue weighted by Gasteiger charge is 2.34. The van der Waals surface area contributed by atoms with Crippen LogP contribution in [0.4, 0.5) is 4.79 Å². The van der Waals surface area contributed by atoms with Crippen LogP contribution >= 0.6 is 11.8 Å². The van der Waals surface area contributed by atoms with Gasteiger partial charge in [0.05, 0.1) is 31.7 Å². The first-order valence-corrected chi connectivity index (χ1v) is 9.76. The van der Waals surface area contributed by atoms with Gasteiger partial charge in [0, 0.05) is 31.1 Å². The fourth-order valence-corrected chi connectivity index (χ4v) is 4.31. The maximum absolute atomic E-state index is 11.9. The largest absolute Gasteiger partial charge is 0.453 e. The predicted molar refractivity (Wildman–Crippen MR) is 94.3 cm³/mol. The molecule has 3 rings (SSSR count). The van der Waals surface area contributed by atoms with Gasteiger partial charge < -0.3 is 30.3 Å². The van der Waals surface area contributed by atoms with Crippen molar-refractivity contribution in [3.63, 3.8) is 0 Å². The molecule has 24 heavy (non-hydrogen) atoms. The van der Waals surface area contributed by atoms with Gasteiger partial charge in [-0.15, -0.1) is 11.8 Å². The first-order valence-electron chi connectivity index (χ1n) is 8.71. The van der Waals surface area contributed by atoms with Gasteiger partial charge in [0.25, 0.3) is 0 Å². The molecule has 2 saturated heterocycles. The van der Waals surface area contributed by atoms with E-state index in [4.69, 9.17) is 15.2 Å². The van der Waals surface area contributed by atoms with Crippen molar-refractivity contribution in [1.29, 1.82) is 0 Å². The minimum absolute atomic E-state index is 0.0391. The maximum atomic E-state index is 11.9. The number of nitrogens with two attached hydrogens (primary N) is 1. The van der Waals surface area contributed by atoms with Gasteiger partial charge in [-0.3, -0.25) is 0 Å². The van der Waals surface area contributed by atoms with Crippen molar-refractivity contribution >= 4 is 17.9 Å². The smallest absolute Gasteiger partial charge is 0.409 e. The Morgan fingerprint density at radius 2 is 2.17 bits per heavy atom. The second kappa shape index (κ2) is 8.31. The molecule has 8 heteroatoms. The van der Waals surface area contributed by atoms with E-state index in [9.17, 15) is 4.79 Å². The van der Waals surface area contributed by atoms with Gasteiger partial charge >= 0.3 is 6.09 Å².